The van der Waals surface area contributed by atoms with Crippen LogP contribution in [0.1, 0.15) is 39.2 Å². The van der Waals surface area contributed by atoms with Crippen molar-refractivity contribution in [1.82, 2.24) is 5.32 Å². The van der Waals surface area contributed by atoms with E-state index in [1.807, 2.05) is 45.0 Å². The van der Waals surface area contributed by atoms with Gasteiger partial charge in [-0.2, -0.15) is 0 Å². The van der Waals surface area contributed by atoms with Crippen LogP contribution in [0.3, 0.4) is 0 Å². The van der Waals surface area contributed by atoms with Crippen LogP contribution in [0.4, 0.5) is 0 Å². The van der Waals surface area contributed by atoms with Crippen LogP contribution in [0.15, 0.2) is 24.3 Å². The van der Waals surface area contributed by atoms with E-state index in [-0.39, 0.29) is 23.8 Å². The van der Waals surface area contributed by atoms with Gasteiger partial charge in [0.15, 0.2) is 0 Å². The molecule has 1 amide bonds. The van der Waals surface area contributed by atoms with Crippen LogP contribution in [0.5, 0.6) is 0 Å². The zero-order chi connectivity index (χ0) is 15.9. The maximum atomic E-state index is 12.0. The number of carbonyl (C=O) groups is 1. The second-order valence-corrected chi connectivity index (χ2v) is 6.89. The molecule has 1 aromatic carbocycles. The molecule has 1 rings (SSSR count). The third kappa shape index (κ3) is 6.96. The Morgan fingerprint density at radius 1 is 1.43 bits per heavy atom. The summed E-state index contributed by atoms with van der Waals surface area (Å²) in [4.78, 5) is 12.0. The van der Waals surface area contributed by atoms with E-state index in [4.69, 9.17) is 11.6 Å². The standard InChI is InChI=1S/C17H26ClNO2/c1-13(10-14-6-4-7-15(18)11-14)16(21)19-9-5-8-17(2,3)12-20/h4,6-7,11,13,20H,5,8-10,12H2,1-3H3,(H,19,21). The van der Waals surface area contributed by atoms with E-state index in [0.29, 0.717) is 18.0 Å². The van der Waals surface area contributed by atoms with Gasteiger partial charge in [-0.15, -0.1) is 0 Å². The molecule has 0 bridgehead atoms. The normalized spacial score (nSPS) is 13.0. The average Bonchev–Trinajstić information content (AvgIpc) is 2.43. The molecule has 0 heterocycles. The Bertz CT molecular complexity index is 460. The van der Waals surface area contributed by atoms with Crippen LogP contribution >= 0.6 is 11.6 Å². The molecule has 0 aliphatic carbocycles. The van der Waals surface area contributed by atoms with E-state index < -0.39 is 0 Å². The van der Waals surface area contributed by atoms with Gasteiger partial charge in [0.25, 0.3) is 0 Å². The van der Waals surface area contributed by atoms with Crippen molar-refractivity contribution < 1.29 is 9.90 Å². The first kappa shape index (κ1) is 18.0. The zero-order valence-electron chi connectivity index (χ0n) is 13.2. The Morgan fingerprint density at radius 3 is 2.76 bits per heavy atom. The van der Waals surface area contributed by atoms with E-state index in [0.717, 1.165) is 18.4 Å². The maximum Gasteiger partial charge on any atom is 0.223 e. The van der Waals surface area contributed by atoms with Gasteiger partial charge < -0.3 is 10.4 Å². The minimum absolute atomic E-state index is 0.0665. The summed E-state index contributed by atoms with van der Waals surface area (Å²) in [5, 5.41) is 12.8. The highest BCUT2D eigenvalue weighted by atomic mass is 35.5. The van der Waals surface area contributed by atoms with Crippen molar-refractivity contribution in [3.8, 4) is 0 Å². The molecule has 0 aliphatic heterocycles. The fourth-order valence-corrected chi connectivity index (χ4v) is 2.35. The van der Waals surface area contributed by atoms with Gasteiger partial charge in [-0.25, -0.2) is 0 Å². The third-order valence-electron chi connectivity index (χ3n) is 3.64. The van der Waals surface area contributed by atoms with Gasteiger partial charge in [-0.1, -0.05) is 44.5 Å². The maximum absolute atomic E-state index is 12.0. The van der Waals surface area contributed by atoms with E-state index in [1.54, 1.807) is 0 Å². The lowest BCUT2D eigenvalue weighted by atomic mass is 9.89. The number of hydrogen-bond acceptors (Lipinski definition) is 2. The number of halogens is 1. The van der Waals surface area contributed by atoms with Crippen LogP contribution in [0.2, 0.25) is 5.02 Å². The highest BCUT2D eigenvalue weighted by Gasteiger charge is 2.17. The van der Waals surface area contributed by atoms with Crippen molar-refractivity contribution >= 4 is 17.5 Å². The summed E-state index contributed by atoms with van der Waals surface area (Å²) in [6, 6.07) is 7.62. The number of rotatable bonds is 8. The summed E-state index contributed by atoms with van der Waals surface area (Å²) < 4.78 is 0. The molecule has 1 atom stereocenters. The predicted molar refractivity (Wildman–Crippen MR) is 87.4 cm³/mol. The molecule has 0 saturated carbocycles. The van der Waals surface area contributed by atoms with E-state index in [1.165, 1.54) is 0 Å². The SMILES string of the molecule is CC(Cc1cccc(Cl)c1)C(=O)NCCCC(C)(C)CO. The fraction of sp³-hybridized carbons (Fsp3) is 0.588. The molecule has 21 heavy (non-hydrogen) atoms. The van der Waals surface area contributed by atoms with Gasteiger partial charge in [-0.3, -0.25) is 4.79 Å². The third-order valence-corrected chi connectivity index (χ3v) is 3.87. The largest absolute Gasteiger partial charge is 0.396 e. The highest BCUT2D eigenvalue weighted by molar-refractivity contribution is 6.30. The smallest absolute Gasteiger partial charge is 0.223 e. The monoisotopic (exact) mass is 311 g/mol. The molecule has 0 aromatic heterocycles. The van der Waals surface area contributed by atoms with Gasteiger partial charge in [-0.05, 0) is 42.4 Å². The molecule has 118 valence electrons. The minimum atomic E-state index is -0.0747. The molecular formula is C17H26ClNO2. The van der Waals surface area contributed by atoms with Crippen molar-refractivity contribution in [3.05, 3.63) is 34.9 Å². The lowest BCUT2D eigenvalue weighted by Crippen LogP contribution is -2.31. The van der Waals surface area contributed by atoms with Gasteiger partial charge in [0.1, 0.15) is 0 Å². The van der Waals surface area contributed by atoms with Crippen LogP contribution < -0.4 is 5.32 Å². The van der Waals surface area contributed by atoms with Gasteiger partial charge >= 0.3 is 0 Å². The predicted octanol–water partition coefficient (Wildman–Crippen LogP) is 3.43. The van der Waals surface area contributed by atoms with E-state index in [2.05, 4.69) is 5.32 Å². The number of nitrogens with one attached hydrogen (secondary N) is 1. The number of aliphatic hydroxyl groups excluding tert-OH is 1. The highest BCUT2D eigenvalue weighted by Crippen LogP contribution is 2.20. The molecule has 4 heteroatoms. The summed E-state index contributed by atoms with van der Waals surface area (Å²) in [6.45, 7) is 6.80. The van der Waals surface area contributed by atoms with Crippen LogP contribution in [-0.4, -0.2) is 24.2 Å². The molecule has 0 spiro atoms. The minimum Gasteiger partial charge on any atom is -0.396 e. The topological polar surface area (TPSA) is 49.3 Å². The first-order valence-corrected chi connectivity index (χ1v) is 7.85. The number of aliphatic hydroxyl groups is 1. The zero-order valence-corrected chi connectivity index (χ0v) is 13.9. The molecule has 0 aliphatic rings. The lowest BCUT2D eigenvalue weighted by molar-refractivity contribution is -0.124. The Kier molecular flexibility index (Phi) is 7.20. The fourth-order valence-electron chi connectivity index (χ4n) is 2.14. The quantitative estimate of drug-likeness (QED) is 0.723. The molecule has 0 fully saturated rings. The average molecular weight is 312 g/mol. The Hall–Kier alpha value is -1.06. The number of hydrogen-bond donors (Lipinski definition) is 2. The first-order chi connectivity index (χ1) is 9.84. The van der Waals surface area contributed by atoms with Gasteiger partial charge in [0.05, 0.1) is 0 Å². The Balaban J connectivity index is 2.32. The lowest BCUT2D eigenvalue weighted by Gasteiger charge is -2.21. The second-order valence-electron chi connectivity index (χ2n) is 6.45. The van der Waals surface area contributed by atoms with Crippen molar-refractivity contribution in [2.45, 2.75) is 40.0 Å². The number of carbonyl (C=O) groups excluding carboxylic acids is 1. The Morgan fingerprint density at radius 2 is 2.14 bits per heavy atom. The number of benzene rings is 1. The van der Waals surface area contributed by atoms with Crippen molar-refractivity contribution in [3.63, 3.8) is 0 Å². The van der Waals surface area contributed by atoms with E-state index in [9.17, 15) is 9.90 Å². The molecule has 0 saturated heterocycles. The molecule has 1 aromatic rings. The molecule has 1 unspecified atom stereocenters. The van der Waals surface area contributed by atoms with Crippen LogP contribution in [0, 0.1) is 11.3 Å². The Labute approximate surface area is 132 Å². The molecular weight excluding hydrogens is 286 g/mol. The number of amides is 1. The van der Waals surface area contributed by atoms with Crippen molar-refractivity contribution in [1.29, 1.82) is 0 Å². The van der Waals surface area contributed by atoms with E-state index >= 15 is 0 Å². The van der Waals surface area contributed by atoms with Crippen molar-refractivity contribution in [2.75, 3.05) is 13.2 Å². The summed E-state index contributed by atoms with van der Waals surface area (Å²) in [5.74, 6) is -0.00824. The van der Waals surface area contributed by atoms with Crippen LogP contribution in [-0.2, 0) is 11.2 Å². The summed E-state index contributed by atoms with van der Waals surface area (Å²) in [7, 11) is 0. The summed E-state index contributed by atoms with van der Waals surface area (Å²) in [6.07, 6.45) is 2.46. The summed E-state index contributed by atoms with van der Waals surface area (Å²) >= 11 is 5.95. The molecule has 2 N–H and O–H groups in total. The summed E-state index contributed by atoms with van der Waals surface area (Å²) in [5.41, 5.74) is 1.00. The van der Waals surface area contributed by atoms with Gasteiger partial charge in [0, 0.05) is 24.1 Å². The second kappa shape index (κ2) is 8.40. The first-order valence-electron chi connectivity index (χ1n) is 7.47. The molecule has 3 nitrogen and oxygen atoms in total. The van der Waals surface area contributed by atoms with Gasteiger partial charge in [0.2, 0.25) is 5.91 Å². The molecule has 0 radical (unpaired) electrons. The van der Waals surface area contributed by atoms with Crippen LogP contribution in [0.25, 0.3) is 0 Å². The van der Waals surface area contributed by atoms with Crippen molar-refractivity contribution in [2.24, 2.45) is 11.3 Å².